The zero-order valence-electron chi connectivity index (χ0n) is 11.4. The molecule has 2 aromatic rings. The minimum absolute atomic E-state index is 0.260. The summed E-state index contributed by atoms with van der Waals surface area (Å²) in [6, 6.07) is 14.6. The molecule has 0 fully saturated rings. The lowest BCUT2D eigenvalue weighted by Gasteiger charge is -2.03. The number of nitrogens with one attached hydrogen (secondary N) is 1. The fourth-order valence-electron chi connectivity index (χ4n) is 2.72. The molecule has 0 radical (unpaired) electrons. The first-order valence-corrected chi connectivity index (χ1v) is 7.13. The van der Waals surface area contributed by atoms with E-state index in [1.54, 1.807) is 18.2 Å². The van der Waals surface area contributed by atoms with Gasteiger partial charge in [-0.05, 0) is 41.8 Å². The third-order valence-corrected chi connectivity index (χ3v) is 3.99. The van der Waals surface area contributed by atoms with Crippen molar-refractivity contribution in [3.05, 3.63) is 65.3 Å². The van der Waals surface area contributed by atoms with Crippen molar-refractivity contribution in [3.63, 3.8) is 0 Å². The Morgan fingerprint density at radius 2 is 2.00 bits per heavy atom. The number of carboxylic acids is 1. The average Bonchev–Trinajstić information content (AvgIpc) is 3.04. The van der Waals surface area contributed by atoms with Crippen LogP contribution in [0.4, 0.5) is 0 Å². The van der Waals surface area contributed by atoms with Crippen molar-refractivity contribution >= 4 is 28.3 Å². The molecule has 0 amide bonds. The van der Waals surface area contributed by atoms with Gasteiger partial charge in [0, 0.05) is 22.2 Å². The van der Waals surface area contributed by atoms with Gasteiger partial charge in [0.15, 0.2) is 0 Å². The van der Waals surface area contributed by atoms with Crippen LogP contribution >= 0.6 is 11.6 Å². The first-order valence-electron chi connectivity index (χ1n) is 6.75. The van der Waals surface area contributed by atoms with E-state index in [1.807, 2.05) is 35.1 Å². The summed E-state index contributed by atoms with van der Waals surface area (Å²) in [6.45, 7) is 0. The second-order valence-corrected chi connectivity index (χ2v) is 5.61. The number of benzene rings is 2. The van der Waals surface area contributed by atoms with Crippen LogP contribution in [0.5, 0.6) is 0 Å². The normalized spacial score (nSPS) is 11.3. The lowest BCUT2D eigenvalue weighted by molar-refractivity contribution is 0.0697. The number of fused-ring (bicyclic) bond motifs is 3. The van der Waals surface area contributed by atoms with Crippen LogP contribution in [0, 0.1) is 0 Å². The summed E-state index contributed by atoms with van der Waals surface area (Å²) in [5.41, 5.74) is 3.10. The Morgan fingerprint density at radius 1 is 1.14 bits per heavy atom. The quantitative estimate of drug-likeness (QED) is 0.576. The number of rotatable bonds is 2. The highest BCUT2D eigenvalue weighted by molar-refractivity contribution is 6.31. The van der Waals surface area contributed by atoms with Gasteiger partial charge < -0.3 is 5.11 Å². The molecule has 4 rings (SSSR count). The Morgan fingerprint density at radius 3 is 2.82 bits per heavy atom. The van der Waals surface area contributed by atoms with Crippen molar-refractivity contribution in [3.8, 4) is 16.9 Å². The number of aromatic amines is 1. The molecule has 0 aromatic heterocycles. The zero-order chi connectivity index (χ0) is 15.3. The molecule has 0 saturated carbocycles. The van der Waals surface area contributed by atoms with Crippen molar-refractivity contribution in [1.82, 2.24) is 9.78 Å². The average molecular weight is 311 g/mol. The van der Waals surface area contributed by atoms with Gasteiger partial charge in [-0.3, -0.25) is 9.78 Å². The van der Waals surface area contributed by atoms with E-state index in [9.17, 15) is 4.79 Å². The molecule has 0 atom stereocenters. The minimum Gasteiger partial charge on any atom is -0.478 e. The molecule has 5 heteroatoms. The van der Waals surface area contributed by atoms with Crippen molar-refractivity contribution in [2.24, 2.45) is 0 Å². The number of aromatic nitrogens is 2. The molecule has 2 N–H and O–H groups in total. The predicted octanol–water partition coefficient (Wildman–Crippen LogP) is 4.42. The van der Waals surface area contributed by atoms with Crippen LogP contribution in [0.2, 0.25) is 5.02 Å². The van der Waals surface area contributed by atoms with Crippen molar-refractivity contribution in [2.75, 3.05) is 0 Å². The Balaban J connectivity index is 1.88. The smallest absolute Gasteiger partial charge is 0.335 e. The number of hydrogen-bond donors (Lipinski definition) is 2. The maximum atomic E-state index is 11.1. The summed E-state index contributed by atoms with van der Waals surface area (Å²) in [5, 5.41) is 15.3. The second kappa shape index (κ2) is 4.64. The highest BCUT2D eigenvalue weighted by atomic mass is 35.5. The summed E-state index contributed by atoms with van der Waals surface area (Å²) in [4.78, 5) is 11.1. The van der Waals surface area contributed by atoms with Gasteiger partial charge >= 0.3 is 5.97 Å². The van der Waals surface area contributed by atoms with Crippen molar-refractivity contribution in [2.45, 2.75) is 0 Å². The third kappa shape index (κ3) is 1.96. The molecule has 1 heterocycles. The number of aromatic carboxylic acids is 1. The van der Waals surface area contributed by atoms with Crippen LogP contribution in [0.15, 0.2) is 54.7 Å². The monoisotopic (exact) mass is 310 g/mol. The van der Waals surface area contributed by atoms with Crippen LogP contribution < -0.4 is 0 Å². The molecule has 22 heavy (non-hydrogen) atoms. The summed E-state index contributed by atoms with van der Waals surface area (Å²) < 4.78 is 1.82. The number of halogens is 1. The Labute approximate surface area is 130 Å². The molecule has 1 aliphatic carbocycles. The maximum absolute atomic E-state index is 11.1. The van der Waals surface area contributed by atoms with Crippen LogP contribution in [-0.2, 0) is 0 Å². The van der Waals surface area contributed by atoms with Gasteiger partial charge in [-0.25, -0.2) is 4.79 Å². The standard InChI is InChI=1S/C17H11ClN2O2/c18-13-4-5-15-11(7-13)6-12-9-20(19-16(12)15)14-3-1-2-10(8-14)17(21)22/h1-9,19H,(H,21,22). The van der Waals surface area contributed by atoms with Gasteiger partial charge in [-0.15, -0.1) is 0 Å². The number of hydrogen-bond acceptors (Lipinski definition) is 1. The Hall–Kier alpha value is -2.72. The summed E-state index contributed by atoms with van der Waals surface area (Å²) in [7, 11) is 0. The second-order valence-electron chi connectivity index (χ2n) is 5.17. The first-order chi connectivity index (χ1) is 10.6. The van der Waals surface area contributed by atoms with Gasteiger partial charge in [0.1, 0.15) is 0 Å². The number of H-pyrrole nitrogens is 1. The highest BCUT2D eigenvalue weighted by Gasteiger charge is 2.14. The highest BCUT2D eigenvalue weighted by Crippen LogP contribution is 2.35. The van der Waals surface area contributed by atoms with Crippen LogP contribution in [0.25, 0.3) is 27.7 Å². The number of nitrogens with zero attached hydrogens (tertiary/aromatic N) is 1. The van der Waals surface area contributed by atoms with Crippen LogP contribution in [0.1, 0.15) is 10.4 Å². The van der Waals surface area contributed by atoms with E-state index in [4.69, 9.17) is 16.7 Å². The number of carboxylic acid groups (broad SMARTS) is 1. The van der Waals surface area contributed by atoms with E-state index in [-0.39, 0.29) is 5.56 Å². The van der Waals surface area contributed by atoms with Gasteiger partial charge in [-0.1, -0.05) is 23.7 Å². The topological polar surface area (TPSA) is 58.0 Å². The first kappa shape index (κ1) is 13.0. The summed E-state index contributed by atoms with van der Waals surface area (Å²) >= 11 is 6.02. The largest absolute Gasteiger partial charge is 0.478 e. The molecule has 2 aromatic carbocycles. The number of carbonyl (C=O) groups is 1. The van der Waals surface area contributed by atoms with Crippen LogP contribution in [0.3, 0.4) is 0 Å². The molecule has 0 spiro atoms. The summed E-state index contributed by atoms with van der Waals surface area (Å²) in [6.07, 6.45) is 1.95. The van der Waals surface area contributed by atoms with E-state index >= 15 is 0 Å². The Kier molecular flexibility index (Phi) is 2.74. The molecule has 0 bridgehead atoms. The van der Waals surface area contributed by atoms with E-state index in [0.29, 0.717) is 5.02 Å². The summed E-state index contributed by atoms with van der Waals surface area (Å²) in [5.74, 6) is -0.937. The molecular weight excluding hydrogens is 300 g/mol. The Bertz CT molecular complexity index is 983. The predicted molar refractivity (Wildman–Crippen MR) is 86.2 cm³/mol. The van der Waals surface area contributed by atoms with E-state index < -0.39 is 5.97 Å². The fourth-order valence-corrected chi connectivity index (χ4v) is 2.90. The molecule has 0 unspecified atom stereocenters. The molecule has 1 aliphatic heterocycles. The maximum Gasteiger partial charge on any atom is 0.335 e. The lowest BCUT2D eigenvalue weighted by atomic mass is 10.2. The fraction of sp³-hybridized carbons (Fsp3) is 0. The van der Waals surface area contributed by atoms with Gasteiger partial charge in [0.2, 0.25) is 0 Å². The van der Waals surface area contributed by atoms with E-state index in [1.165, 1.54) is 0 Å². The third-order valence-electron chi connectivity index (χ3n) is 3.75. The van der Waals surface area contributed by atoms with Gasteiger partial charge in [0.25, 0.3) is 0 Å². The lowest BCUT2D eigenvalue weighted by Crippen LogP contribution is -2.00. The molecular formula is C17H11ClN2O2. The van der Waals surface area contributed by atoms with E-state index in [2.05, 4.69) is 11.2 Å². The SMILES string of the molecule is O=C(O)c1cccc(-n2cc3cc4cc(Cl)ccc4c-3[nH]2)c1. The molecule has 2 aliphatic rings. The van der Waals surface area contributed by atoms with Crippen molar-refractivity contribution < 1.29 is 9.90 Å². The van der Waals surface area contributed by atoms with Crippen LogP contribution in [-0.4, -0.2) is 20.9 Å². The molecule has 4 nitrogen and oxygen atoms in total. The van der Waals surface area contributed by atoms with E-state index in [0.717, 1.165) is 27.7 Å². The minimum atomic E-state index is -0.937. The van der Waals surface area contributed by atoms with Crippen molar-refractivity contribution in [1.29, 1.82) is 0 Å². The molecule has 0 saturated heterocycles. The molecule has 108 valence electrons. The van der Waals surface area contributed by atoms with Gasteiger partial charge in [0.05, 0.1) is 16.9 Å². The van der Waals surface area contributed by atoms with Gasteiger partial charge in [-0.2, -0.15) is 0 Å². The zero-order valence-corrected chi connectivity index (χ0v) is 12.1.